The van der Waals surface area contributed by atoms with Crippen molar-refractivity contribution in [2.24, 2.45) is 0 Å². The molecule has 5 rings (SSSR count). The van der Waals surface area contributed by atoms with Crippen LogP contribution >= 0.6 is 23.1 Å². The van der Waals surface area contributed by atoms with Gasteiger partial charge in [0, 0.05) is 38.3 Å². The van der Waals surface area contributed by atoms with Crippen molar-refractivity contribution in [1.29, 1.82) is 0 Å². The van der Waals surface area contributed by atoms with E-state index >= 15 is 0 Å². The molecule has 34 heavy (non-hydrogen) atoms. The lowest BCUT2D eigenvalue weighted by Crippen LogP contribution is -2.48. The van der Waals surface area contributed by atoms with Crippen LogP contribution in [-0.2, 0) is 9.59 Å². The fourth-order valence-electron chi connectivity index (χ4n) is 4.26. The zero-order valence-electron chi connectivity index (χ0n) is 18.8. The van der Waals surface area contributed by atoms with E-state index < -0.39 is 0 Å². The molecular weight excluding hydrogens is 474 g/mol. The van der Waals surface area contributed by atoms with Crippen molar-refractivity contribution in [3.63, 3.8) is 0 Å². The van der Waals surface area contributed by atoms with Crippen LogP contribution in [0.1, 0.15) is 31.2 Å². The van der Waals surface area contributed by atoms with E-state index in [0.717, 1.165) is 33.6 Å². The van der Waals surface area contributed by atoms with Gasteiger partial charge >= 0.3 is 0 Å². The first kappa shape index (κ1) is 23.0. The molecule has 11 heteroatoms. The average molecular weight is 502 g/mol. The Balaban J connectivity index is 1.07. The second kappa shape index (κ2) is 10.6. The number of thioether (sulfide) groups is 1. The molecule has 1 aliphatic carbocycles. The lowest BCUT2D eigenvalue weighted by Gasteiger charge is -2.33. The van der Waals surface area contributed by atoms with E-state index in [1.807, 2.05) is 23.1 Å². The summed E-state index contributed by atoms with van der Waals surface area (Å²) in [7, 11) is 0. The fourth-order valence-corrected chi connectivity index (χ4v) is 5.97. The highest BCUT2D eigenvalue weighted by Crippen LogP contribution is 2.33. The van der Waals surface area contributed by atoms with Crippen molar-refractivity contribution in [3.8, 4) is 11.5 Å². The predicted octanol–water partition coefficient (Wildman–Crippen LogP) is 2.78. The van der Waals surface area contributed by atoms with Gasteiger partial charge < -0.3 is 24.6 Å². The van der Waals surface area contributed by atoms with Crippen molar-refractivity contribution in [2.45, 2.75) is 36.1 Å². The van der Waals surface area contributed by atoms with Gasteiger partial charge in [-0.1, -0.05) is 42.0 Å². The number of piperazine rings is 1. The monoisotopic (exact) mass is 501 g/mol. The molecule has 1 aromatic carbocycles. The lowest BCUT2D eigenvalue weighted by molar-refractivity contribution is -0.126. The Kier molecular flexibility index (Phi) is 7.19. The molecule has 3 heterocycles. The number of nitrogens with one attached hydrogen (secondary N) is 1. The molecule has 0 radical (unpaired) electrons. The van der Waals surface area contributed by atoms with Crippen LogP contribution in [0.3, 0.4) is 0 Å². The second-order valence-corrected chi connectivity index (χ2v) is 10.6. The number of carbonyl (C=O) groups excluding carboxylic acids is 2. The Bertz CT molecular complexity index is 1060. The Morgan fingerprint density at radius 1 is 1.12 bits per heavy atom. The van der Waals surface area contributed by atoms with Crippen LogP contribution < -0.4 is 19.7 Å². The number of hydrogen-bond acceptors (Lipinski definition) is 9. The van der Waals surface area contributed by atoms with Gasteiger partial charge in [-0.05, 0) is 36.6 Å². The Hall–Kier alpha value is -2.79. The molecule has 1 saturated carbocycles. The van der Waals surface area contributed by atoms with Crippen molar-refractivity contribution in [3.05, 3.63) is 29.8 Å². The van der Waals surface area contributed by atoms with E-state index in [4.69, 9.17) is 9.47 Å². The summed E-state index contributed by atoms with van der Waals surface area (Å²) in [4.78, 5) is 28.7. The molecular formula is C23H27N5O4S2. The number of nitrogens with zero attached hydrogens (tertiary/aromatic N) is 4. The van der Waals surface area contributed by atoms with Gasteiger partial charge in [0.05, 0.1) is 5.75 Å². The highest BCUT2D eigenvalue weighted by atomic mass is 32.2. The van der Waals surface area contributed by atoms with Gasteiger partial charge in [-0.25, -0.2) is 0 Å². The van der Waals surface area contributed by atoms with E-state index in [9.17, 15) is 9.59 Å². The summed E-state index contributed by atoms with van der Waals surface area (Å²) in [5, 5.41) is 12.5. The third-order valence-electron chi connectivity index (χ3n) is 6.12. The molecule has 2 amide bonds. The molecule has 3 aliphatic rings. The van der Waals surface area contributed by atoms with E-state index in [-0.39, 0.29) is 18.6 Å². The first-order valence-electron chi connectivity index (χ1n) is 11.5. The normalized spacial score (nSPS) is 18.1. The molecule has 0 unspecified atom stereocenters. The van der Waals surface area contributed by atoms with Gasteiger partial charge in [-0.2, -0.15) is 0 Å². The molecule has 180 valence electrons. The van der Waals surface area contributed by atoms with Crippen molar-refractivity contribution in [1.82, 2.24) is 20.4 Å². The van der Waals surface area contributed by atoms with E-state index in [1.54, 1.807) is 12.2 Å². The minimum atomic E-state index is -0.0147. The molecule has 0 bridgehead atoms. The van der Waals surface area contributed by atoms with Crippen LogP contribution in [0.4, 0.5) is 5.13 Å². The molecule has 0 atom stereocenters. The first-order chi connectivity index (χ1) is 16.6. The molecule has 9 nitrogen and oxygen atoms in total. The first-order valence-corrected chi connectivity index (χ1v) is 13.3. The molecule has 2 fully saturated rings. The number of anilines is 1. The number of fused-ring (bicyclic) bond motifs is 1. The predicted molar refractivity (Wildman–Crippen MR) is 131 cm³/mol. The van der Waals surface area contributed by atoms with Crippen LogP contribution in [-0.4, -0.2) is 71.7 Å². The van der Waals surface area contributed by atoms with Crippen molar-refractivity contribution < 1.29 is 19.1 Å². The maximum Gasteiger partial charge on any atom is 0.246 e. The Morgan fingerprint density at radius 2 is 1.91 bits per heavy atom. The number of aromatic nitrogens is 2. The summed E-state index contributed by atoms with van der Waals surface area (Å²) in [5.74, 6) is 1.84. The average Bonchev–Trinajstić information content (AvgIpc) is 3.63. The number of hydrogen-bond donors (Lipinski definition) is 1. The van der Waals surface area contributed by atoms with Gasteiger partial charge in [-0.3, -0.25) is 9.59 Å². The molecule has 1 aromatic heterocycles. The maximum atomic E-state index is 12.6. The van der Waals surface area contributed by atoms with Crippen LogP contribution in [0.15, 0.2) is 28.6 Å². The van der Waals surface area contributed by atoms with Gasteiger partial charge in [0.1, 0.15) is 0 Å². The summed E-state index contributed by atoms with van der Waals surface area (Å²) in [6, 6.07) is 5.96. The molecule has 0 spiro atoms. The lowest BCUT2D eigenvalue weighted by atomic mass is 10.2. The second-order valence-electron chi connectivity index (χ2n) is 8.45. The van der Waals surface area contributed by atoms with Crippen LogP contribution in [0.5, 0.6) is 11.5 Å². The fraction of sp³-hybridized carbons (Fsp3) is 0.478. The summed E-state index contributed by atoms with van der Waals surface area (Å²) >= 11 is 2.93. The molecule has 2 aliphatic heterocycles. The largest absolute Gasteiger partial charge is 0.454 e. The van der Waals surface area contributed by atoms with Gasteiger partial charge in [0.25, 0.3) is 0 Å². The SMILES string of the molecule is O=C(CSc1nnc(N2CCN(C(=O)/C=C/c3ccc4c(c3)OCO4)CC2)s1)NC1CCCC1. The van der Waals surface area contributed by atoms with E-state index in [2.05, 4.69) is 20.4 Å². The van der Waals surface area contributed by atoms with E-state index in [1.165, 1.54) is 35.9 Å². The number of amides is 2. The topological polar surface area (TPSA) is 96.9 Å². The smallest absolute Gasteiger partial charge is 0.246 e. The van der Waals surface area contributed by atoms with Gasteiger partial charge in [-0.15, -0.1) is 10.2 Å². The maximum absolute atomic E-state index is 12.6. The van der Waals surface area contributed by atoms with Crippen molar-refractivity contribution >= 4 is 46.1 Å². The van der Waals surface area contributed by atoms with Crippen LogP contribution in [0.25, 0.3) is 6.08 Å². The number of benzene rings is 1. The minimum Gasteiger partial charge on any atom is -0.454 e. The third-order valence-corrected chi connectivity index (χ3v) is 8.24. The minimum absolute atomic E-state index is 0.0147. The van der Waals surface area contributed by atoms with Crippen LogP contribution in [0.2, 0.25) is 0 Å². The van der Waals surface area contributed by atoms with Gasteiger partial charge in [0.2, 0.25) is 23.7 Å². The molecule has 1 N–H and O–H groups in total. The Labute approximate surface area is 206 Å². The standard InChI is InChI=1S/C23H27N5O4S2/c29-20(24-17-3-1-2-4-17)14-33-23-26-25-22(34-23)28-11-9-27(10-12-28)21(30)8-6-16-5-7-18-19(13-16)32-15-31-18/h5-8,13,17H,1-4,9-12,14-15H2,(H,24,29)/b8-6+. The summed E-state index contributed by atoms with van der Waals surface area (Å²) in [6.45, 7) is 2.87. The highest BCUT2D eigenvalue weighted by molar-refractivity contribution is 8.01. The summed E-state index contributed by atoms with van der Waals surface area (Å²) < 4.78 is 11.5. The highest BCUT2D eigenvalue weighted by Gasteiger charge is 2.23. The van der Waals surface area contributed by atoms with E-state index in [0.29, 0.717) is 43.7 Å². The summed E-state index contributed by atoms with van der Waals surface area (Å²) in [5.41, 5.74) is 0.895. The number of carbonyl (C=O) groups is 2. The summed E-state index contributed by atoms with van der Waals surface area (Å²) in [6.07, 6.45) is 7.97. The van der Waals surface area contributed by atoms with Crippen molar-refractivity contribution in [2.75, 3.05) is 43.6 Å². The zero-order chi connectivity index (χ0) is 23.3. The quantitative estimate of drug-likeness (QED) is 0.457. The molecule has 2 aromatic rings. The van der Waals surface area contributed by atoms with Gasteiger partial charge in [0.15, 0.2) is 15.8 Å². The number of rotatable bonds is 7. The zero-order valence-corrected chi connectivity index (χ0v) is 20.4. The van der Waals surface area contributed by atoms with Crippen LogP contribution in [0, 0.1) is 0 Å². The Morgan fingerprint density at radius 3 is 2.74 bits per heavy atom. The number of ether oxygens (including phenoxy) is 2. The third kappa shape index (κ3) is 5.64. The molecule has 1 saturated heterocycles.